The number of sulfonamides is 3. The van der Waals surface area contributed by atoms with Gasteiger partial charge in [-0.2, -0.15) is 18.2 Å². The van der Waals surface area contributed by atoms with Crippen LogP contribution in [0.1, 0.15) is 208 Å². The van der Waals surface area contributed by atoms with Gasteiger partial charge in [-0.1, -0.05) is 104 Å². The summed E-state index contributed by atoms with van der Waals surface area (Å²) in [7, 11) is -8.85. The number of hydrogen-bond donors (Lipinski definition) is 10. The van der Waals surface area contributed by atoms with Crippen molar-refractivity contribution in [3.8, 4) is 103 Å². The zero-order chi connectivity index (χ0) is 111. The lowest BCUT2D eigenvalue weighted by Gasteiger charge is -2.19. The summed E-state index contributed by atoms with van der Waals surface area (Å²) >= 11 is 0. The number of nitrogens with one attached hydrogen (secondary N) is 2. The molecule has 0 atom stereocenters. The molecule has 12 aromatic rings. The van der Waals surface area contributed by atoms with Gasteiger partial charge in [0, 0.05) is 76.5 Å². The van der Waals surface area contributed by atoms with E-state index in [0.717, 1.165) is 40.1 Å². The minimum absolute atomic E-state index is 0. The number of alkyl halides is 3. The van der Waals surface area contributed by atoms with E-state index < -0.39 is 61.5 Å². The van der Waals surface area contributed by atoms with Crippen LogP contribution in [0.5, 0.6) is 103 Å². The largest absolute Gasteiger partial charge is 0.496 e. The topological polar surface area (TPSA) is 668 Å². The maximum absolute atomic E-state index is 13.2. The summed E-state index contributed by atoms with van der Waals surface area (Å²) in [6.45, 7) is 35.3. The van der Waals surface area contributed by atoms with Crippen LogP contribution in [0.2, 0.25) is 0 Å². The lowest BCUT2D eigenvalue weighted by Crippen LogP contribution is -2.23. The van der Waals surface area contributed by atoms with Crippen molar-refractivity contribution in [2.24, 2.45) is 5.14 Å². The summed E-state index contributed by atoms with van der Waals surface area (Å²) in [6, 6.07) is 17.5. The Kier molecular flexibility index (Phi) is 43.2. The molecule has 149 heavy (non-hydrogen) atoms. The molecule has 12 rings (SSSR count). The van der Waals surface area contributed by atoms with E-state index in [2.05, 4.69) is 69.3 Å². The molecule has 0 bridgehead atoms. The Balaban J connectivity index is 0.000000273. The van der Waals surface area contributed by atoms with Crippen LogP contribution >= 0.6 is 0 Å². The molecule has 0 spiro atoms. The van der Waals surface area contributed by atoms with Crippen LogP contribution in [-0.2, 0) is 55.9 Å². The first kappa shape index (κ1) is 123. The van der Waals surface area contributed by atoms with Crippen molar-refractivity contribution in [2.75, 3.05) is 108 Å². The summed E-state index contributed by atoms with van der Waals surface area (Å²) in [5.41, 5.74) is 44.0. The third-order valence-corrected chi connectivity index (χ3v) is 27.9. The highest BCUT2D eigenvalue weighted by atomic mass is 32.2. The number of nitrogen functional groups attached to an aromatic ring is 7. The molecule has 6 aromatic carbocycles. The Morgan fingerprint density at radius 1 is 0.315 bits per heavy atom. The average molecular weight is 2170 g/mol. The standard InChI is InChI=1S/C17H24N4O4S.C16H18F3N3O2.2C16H22N4O4S.C16H21N3O4S.C15H20N4O4S.CH4/c1-6-20-26(22,23)16-8-13(12(10(2)3)7-14(16)24-5)25-15-9-19-11(4)21-17(15)18;1-8(2)10-5-13(23-4)11(16(17,18)19)6-12(10)24-14-7-21-9(3)22-15(14)20;1-9(2)11-6-13(23-5)15(25(21,22)18-4)7-12(11)24-14-8-19-10(3)20-16(14)17;1-5-25(21,22)14-7-11(10(9(2)3)6-12(14)23-4)24-13-8-19-16(18)20-15(13)17;1-9(2)11-6-13(22-4)15(24(5,20)21)7-12(11)23-14-8-18-10(3)19-16(14)17;1-8(2)10-5-12(22-4)14(24(17,20)21)6-11(10)23-13-7-18-9(3)19-15(13)16;/h7-10,20H,6H2,1-5H3,(H2,18,19,21);5-8H,1-4H3,(H2,20,21,22);6-9,18H,1-5H3,(H2,17,19,20);6-9H,5H2,1-4H3,(H4,17,18,19,20);6-9H,1-5H3,(H2,17,18,19);5-8H,1-4H3,(H2,16,18,19)(H2,17,20,21);1H4. The molecule has 6 heterocycles. The molecule has 0 aliphatic heterocycles. The number of anilines is 7. The molecular weight excluding hydrogens is 2040 g/mol. The second-order valence-corrected chi connectivity index (χ2v) is 43.4. The van der Waals surface area contributed by atoms with E-state index in [4.69, 9.17) is 102 Å². The molecule has 0 radical (unpaired) electrons. The lowest BCUT2D eigenvalue weighted by molar-refractivity contribution is -0.138. The van der Waals surface area contributed by atoms with Gasteiger partial charge in [-0.25, -0.2) is 111 Å². The van der Waals surface area contributed by atoms with Crippen molar-refractivity contribution >= 4 is 90.6 Å². The van der Waals surface area contributed by atoms with E-state index in [9.17, 15) is 55.3 Å². The Bertz CT molecular complexity index is 7080. The van der Waals surface area contributed by atoms with E-state index in [-0.39, 0.29) is 195 Å². The van der Waals surface area contributed by atoms with Crippen LogP contribution in [-0.4, -0.2) is 170 Å². The number of primary sulfonamides is 1. The third kappa shape index (κ3) is 32.7. The van der Waals surface area contributed by atoms with Crippen LogP contribution in [0.25, 0.3) is 0 Å². The van der Waals surface area contributed by atoms with Gasteiger partial charge in [-0.3, -0.25) is 0 Å². The van der Waals surface area contributed by atoms with Crippen molar-refractivity contribution in [1.82, 2.24) is 69.3 Å². The van der Waals surface area contributed by atoms with Gasteiger partial charge in [-0.15, -0.1) is 0 Å². The normalized spacial score (nSPS) is 11.5. The fraction of sp³-hybridized carbons (Fsp3) is 0.381. The highest BCUT2D eigenvalue weighted by Crippen LogP contribution is 2.48. The van der Waals surface area contributed by atoms with Gasteiger partial charge in [-0.05, 0) is 120 Å². The van der Waals surface area contributed by atoms with Gasteiger partial charge in [0.15, 0.2) is 89.1 Å². The predicted molar refractivity (Wildman–Crippen MR) is 561 cm³/mol. The number of nitrogens with zero attached hydrogens (tertiary/aromatic N) is 12. The molecule has 0 saturated carbocycles. The maximum Gasteiger partial charge on any atom is 0.420 e. The number of aromatic nitrogens is 12. The highest BCUT2D eigenvalue weighted by molar-refractivity contribution is 7.91. The molecule has 44 nitrogen and oxygen atoms in total. The number of ether oxygens (including phenoxy) is 12. The monoisotopic (exact) mass is 2170 g/mol. The molecule has 0 aliphatic carbocycles. The van der Waals surface area contributed by atoms with Crippen molar-refractivity contribution in [3.63, 3.8) is 0 Å². The summed E-state index contributed by atoms with van der Waals surface area (Å²) in [5.74, 6) is 7.51. The smallest absolute Gasteiger partial charge is 0.420 e. The number of sulfone groups is 2. The Morgan fingerprint density at radius 2 is 0.544 bits per heavy atom. The minimum atomic E-state index is -4.58. The summed E-state index contributed by atoms with van der Waals surface area (Å²) in [4.78, 5) is 47.9. The van der Waals surface area contributed by atoms with Gasteiger partial charge >= 0.3 is 6.18 Å². The van der Waals surface area contributed by atoms with Crippen molar-refractivity contribution < 1.29 is 112 Å². The molecule has 6 aromatic heterocycles. The van der Waals surface area contributed by atoms with E-state index >= 15 is 0 Å². The van der Waals surface area contributed by atoms with Gasteiger partial charge in [0.1, 0.15) is 128 Å². The number of nitrogens with two attached hydrogens (primary N) is 8. The molecule has 0 amide bonds. The Labute approximate surface area is 866 Å². The van der Waals surface area contributed by atoms with E-state index in [1.807, 2.05) is 83.1 Å². The molecule has 0 aliphatic rings. The quantitative estimate of drug-likeness (QED) is 0.0183. The van der Waals surface area contributed by atoms with Gasteiger partial charge in [0.25, 0.3) is 0 Å². The number of rotatable bonds is 33. The van der Waals surface area contributed by atoms with E-state index in [1.165, 1.54) is 123 Å². The summed E-state index contributed by atoms with van der Waals surface area (Å²) < 4.78 is 232. The van der Waals surface area contributed by atoms with Crippen LogP contribution in [0.3, 0.4) is 0 Å². The fourth-order valence-electron chi connectivity index (χ4n) is 13.5. The highest BCUT2D eigenvalue weighted by Gasteiger charge is 2.37. The Hall–Kier alpha value is -14.6. The van der Waals surface area contributed by atoms with E-state index in [1.54, 1.807) is 78.8 Å². The van der Waals surface area contributed by atoms with Crippen LogP contribution < -0.4 is 112 Å². The molecule has 52 heteroatoms. The maximum atomic E-state index is 13.2. The zero-order valence-corrected chi connectivity index (χ0v) is 91.0. The first-order valence-electron chi connectivity index (χ1n) is 45.2. The molecule has 0 fully saturated rings. The van der Waals surface area contributed by atoms with Crippen LogP contribution in [0.4, 0.5) is 54.0 Å². The average Bonchev–Trinajstić information content (AvgIpc) is 0.793. The SMILES string of the molecule is C.CCNS(=O)(=O)c1cc(Oc2cnc(C)nc2N)c(C(C)C)cc1OC.CCS(=O)(=O)c1cc(Oc2cnc(N)nc2N)c(C(C)C)cc1OC.CNS(=O)(=O)c1cc(Oc2cnc(C)nc2N)c(C(C)C)cc1OC.COc1cc(C(C)C)c(Oc2cnc(C)nc2N)cc1C(F)(F)F.COc1cc(C(C)C)c(Oc2cnc(C)nc2N)cc1S(C)(=O)=O.COc1cc(C(C)C)c(Oc2cnc(C)nc2N)cc1S(N)(=O)=O. The number of halogens is 3. The molecule has 0 saturated heterocycles. The third-order valence-electron chi connectivity index (χ3n) is 21.1. The molecule has 812 valence electrons. The van der Waals surface area contributed by atoms with Crippen molar-refractivity contribution in [2.45, 2.75) is 205 Å². The number of methoxy groups -OCH3 is 6. The Morgan fingerprint density at radius 3 is 0.779 bits per heavy atom. The van der Waals surface area contributed by atoms with E-state index in [0.29, 0.717) is 63.4 Å². The van der Waals surface area contributed by atoms with Crippen molar-refractivity contribution in [1.29, 1.82) is 0 Å². The zero-order valence-electron chi connectivity index (χ0n) is 86.9. The minimum Gasteiger partial charge on any atom is -0.496 e. The lowest BCUT2D eigenvalue weighted by atomic mass is 9.99. The second kappa shape index (κ2) is 52.3. The van der Waals surface area contributed by atoms with Gasteiger partial charge in [0.2, 0.25) is 36.0 Å². The van der Waals surface area contributed by atoms with Crippen LogP contribution in [0.15, 0.2) is 134 Å². The van der Waals surface area contributed by atoms with Crippen LogP contribution in [0, 0.1) is 34.6 Å². The molecular formula is C97H131F3N22O22S5. The summed E-state index contributed by atoms with van der Waals surface area (Å²) in [6.07, 6.45) is 5.04. The van der Waals surface area contributed by atoms with Crippen molar-refractivity contribution in [3.05, 3.63) is 178 Å². The predicted octanol–water partition coefficient (Wildman–Crippen LogP) is 16.7. The number of aryl methyl sites for hydroxylation is 5. The summed E-state index contributed by atoms with van der Waals surface area (Å²) in [5, 5.41) is 5.26. The molecule has 18 N–H and O–H groups in total. The van der Waals surface area contributed by atoms with Gasteiger partial charge < -0.3 is 97.0 Å². The fourth-order valence-corrected chi connectivity index (χ4v) is 18.1. The second-order valence-electron chi connectivity index (χ2n) is 34.1. The number of benzene rings is 6. The molecule has 0 unspecified atom stereocenters. The van der Waals surface area contributed by atoms with Gasteiger partial charge in [0.05, 0.1) is 85.6 Å². The first-order valence-corrected chi connectivity index (χ1v) is 53.2. The first-order chi connectivity index (χ1) is 69.0. The number of hydrogen-bond acceptors (Lipinski definition) is 41.